The lowest BCUT2D eigenvalue weighted by Gasteiger charge is -2.31. The van der Waals surface area contributed by atoms with E-state index >= 15 is 0 Å². The predicted octanol–water partition coefficient (Wildman–Crippen LogP) is 2.05. The van der Waals surface area contributed by atoms with E-state index in [9.17, 15) is 14.9 Å². The summed E-state index contributed by atoms with van der Waals surface area (Å²) in [6.45, 7) is 1.65. The molecule has 3 heterocycles. The maximum absolute atomic E-state index is 13.1. The number of hydrogen-bond donors (Lipinski definition) is 2. The van der Waals surface area contributed by atoms with Gasteiger partial charge in [0.25, 0.3) is 5.56 Å². The molecule has 1 saturated heterocycles. The highest BCUT2D eigenvalue weighted by molar-refractivity contribution is 5.98. The maximum atomic E-state index is 13.1. The summed E-state index contributed by atoms with van der Waals surface area (Å²) < 4.78 is 0. The third-order valence-electron chi connectivity index (χ3n) is 5.67. The van der Waals surface area contributed by atoms with Crippen LogP contribution in [0.15, 0.2) is 29.1 Å². The van der Waals surface area contributed by atoms with Gasteiger partial charge in [0.15, 0.2) is 0 Å². The van der Waals surface area contributed by atoms with Crippen LogP contribution in [0.5, 0.6) is 0 Å². The standard InChI is InChI=1S/C21H24N6O2/c1-26(2)14-8-6-13(7-9-14)16-15(12-22)19(28)23-18-17(16)20(29)25-21(24-18)27-10-4-3-5-11-27/h6-9,15-16H,3-5,10-11H2,1-2H3,(H2,23,24,25,28,29)/t15-,16-/m0/s1. The first kappa shape index (κ1) is 19.0. The molecule has 2 aromatic rings. The Morgan fingerprint density at radius 2 is 1.83 bits per heavy atom. The van der Waals surface area contributed by atoms with Crippen molar-refractivity contribution in [1.82, 2.24) is 9.97 Å². The molecule has 0 unspecified atom stereocenters. The van der Waals surface area contributed by atoms with Gasteiger partial charge in [-0.3, -0.25) is 14.6 Å². The molecule has 1 fully saturated rings. The Balaban J connectivity index is 1.80. The Kier molecular flexibility index (Phi) is 4.97. The number of fused-ring (bicyclic) bond motifs is 1. The third-order valence-corrected chi connectivity index (χ3v) is 5.67. The Morgan fingerprint density at radius 1 is 1.14 bits per heavy atom. The summed E-state index contributed by atoms with van der Waals surface area (Å²) in [6.07, 6.45) is 3.26. The number of amides is 1. The van der Waals surface area contributed by atoms with Gasteiger partial charge in [0.1, 0.15) is 11.7 Å². The Morgan fingerprint density at radius 3 is 2.45 bits per heavy atom. The smallest absolute Gasteiger partial charge is 0.258 e. The van der Waals surface area contributed by atoms with E-state index in [-0.39, 0.29) is 11.4 Å². The van der Waals surface area contributed by atoms with Crippen LogP contribution < -0.4 is 20.7 Å². The lowest BCUT2D eigenvalue weighted by Crippen LogP contribution is -2.40. The molecular weight excluding hydrogens is 368 g/mol. The average Bonchev–Trinajstić information content (AvgIpc) is 2.73. The van der Waals surface area contributed by atoms with Gasteiger partial charge in [0.2, 0.25) is 11.9 Å². The van der Waals surface area contributed by atoms with Crippen LogP contribution in [-0.4, -0.2) is 43.1 Å². The van der Waals surface area contributed by atoms with Crippen LogP contribution in [-0.2, 0) is 4.79 Å². The molecule has 8 nitrogen and oxygen atoms in total. The Hall–Kier alpha value is -3.34. The van der Waals surface area contributed by atoms with Crippen LogP contribution in [0.3, 0.4) is 0 Å². The number of anilines is 3. The first-order chi connectivity index (χ1) is 14.0. The first-order valence-electron chi connectivity index (χ1n) is 9.86. The molecule has 1 aromatic heterocycles. The van der Waals surface area contributed by atoms with Crippen molar-refractivity contribution in [3.05, 3.63) is 45.7 Å². The zero-order valence-electron chi connectivity index (χ0n) is 16.6. The minimum Gasteiger partial charge on any atom is -0.378 e. The van der Waals surface area contributed by atoms with Crippen molar-refractivity contribution < 1.29 is 4.79 Å². The maximum Gasteiger partial charge on any atom is 0.258 e. The van der Waals surface area contributed by atoms with Crippen molar-refractivity contribution in [2.75, 3.05) is 42.3 Å². The van der Waals surface area contributed by atoms with Gasteiger partial charge in [-0.25, -0.2) is 0 Å². The second kappa shape index (κ2) is 7.59. The molecule has 150 valence electrons. The van der Waals surface area contributed by atoms with Crippen LogP contribution in [0.2, 0.25) is 0 Å². The number of nitriles is 1. The number of aromatic nitrogens is 2. The van der Waals surface area contributed by atoms with Crippen molar-refractivity contribution in [2.45, 2.75) is 25.2 Å². The molecule has 1 amide bonds. The van der Waals surface area contributed by atoms with E-state index in [4.69, 9.17) is 0 Å². The quantitative estimate of drug-likeness (QED) is 0.828. The molecule has 0 radical (unpaired) electrons. The fourth-order valence-electron chi connectivity index (χ4n) is 4.09. The molecule has 0 bridgehead atoms. The minimum absolute atomic E-state index is 0.257. The Bertz CT molecular complexity index is 1010. The van der Waals surface area contributed by atoms with Crippen molar-refractivity contribution in [1.29, 1.82) is 5.26 Å². The van der Waals surface area contributed by atoms with Crippen molar-refractivity contribution in [2.24, 2.45) is 5.92 Å². The number of piperidine rings is 1. The minimum atomic E-state index is -0.989. The third kappa shape index (κ3) is 3.44. The molecular formula is C21H24N6O2. The van der Waals surface area contributed by atoms with Crippen LogP contribution >= 0.6 is 0 Å². The number of benzene rings is 1. The fraction of sp³-hybridized carbons (Fsp3) is 0.429. The summed E-state index contributed by atoms with van der Waals surface area (Å²) in [4.78, 5) is 37.1. The highest BCUT2D eigenvalue weighted by Gasteiger charge is 2.40. The number of aromatic amines is 1. The monoisotopic (exact) mass is 392 g/mol. The van der Waals surface area contributed by atoms with E-state index < -0.39 is 17.7 Å². The van der Waals surface area contributed by atoms with Crippen LogP contribution in [0.25, 0.3) is 0 Å². The second-order valence-electron chi connectivity index (χ2n) is 7.76. The molecule has 2 atom stereocenters. The van der Waals surface area contributed by atoms with E-state index in [1.54, 1.807) is 0 Å². The van der Waals surface area contributed by atoms with E-state index in [1.165, 1.54) is 0 Å². The van der Waals surface area contributed by atoms with Gasteiger partial charge in [0, 0.05) is 38.8 Å². The molecule has 0 saturated carbocycles. The summed E-state index contributed by atoms with van der Waals surface area (Å²) in [7, 11) is 3.88. The Labute approximate surface area is 169 Å². The number of hydrogen-bond acceptors (Lipinski definition) is 6. The number of rotatable bonds is 3. The largest absolute Gasteiger partial charge is 0.378 e. The van der Waals surface area contributed by atoms with Crippen molar-refractivity contribution >= 4 is 23.4 Å². The molecule has 0 aliphatic carbocycles. The summed E-state index contributed by atoms with van der Waals surface area (Å²) in [5, 5.41) is 12.3. The van der Waals surface area contributed by atoms with Crippen LogP contribution in [0.4, 0.5) is 17.5 Å². The summed E-state index contributed by atoms with van der Waals surface area (Å²) in [5.74, 6) is -1.34. The molecule has 1 aromatic carbocycles. The lowest BCUT2D eigenvalue weighted by molar-refractivity contribution is -0.119. The summed E-state index contributed by atoms with van der Waals surface area (Å²) in [6, 6.07) is 9.64. The molecule has 29 heavy (non-hydrogen) atoms. The van der Waals surface area contributed by atoms with E-state index in [2.05, 4.69) is 21.4 Å². The van der Waals surface area contributed by atoms with Crippen LogP contribution in [0.1, 0.15) is 36.3 Å². The highest BCUT2D eigenvalue weighted by Crippen LogP contribution is 2.38. The van der Waals surface area contributed by atoms with Gasteiger partial charge >= 0.3 is 0 Å². The predicted molar refractivity (Wildman–Crippen MR) is 111 cm³/mol. The van der Waals surface area contributed by atoms with E-state index in [0.29, 0.717) is 11.5 Å². The normalized spacial score (nSPS) is 21.1. The van der Waals surface area contributed by atoms with Gasteiger partial charge in [0.05, 0.1) is 11.6 Å². The van der Waals surface area contributed by atoms with Crippen LogP contribution in [0, 0.1) is 17.2 Å². The summed E-state index contributed by atoms with van der Waals surface area (Å²) in [5.41, 5.74) is 1.78. The number of carbonyl (C=O) groups excluding carboxylic acids is 1. The lowest BCUT2D eigenvalue weighted by atomic mass is 9.79. The highest BCUT2D eigenvalue weighted by atomic mass is 16.2. The fourth-order valence-corrected chi connectivity index (χ4v) is 4.09. The summed E-state index contributed by atoms with van der Waals surface area (Å²) >= 11 is 0. The van der Waals surface area contributed by atoms with Crippen molar-refractivity contribution in [3.63, 3.8) is 0 Å². The SMILES string of the molecule is CN(C)c1ccc([C@@H]2c3c(nc(N4CCCCC4)[nH]c3=O)NC(=O)[C@H]2C#N)cc1. The molecule has 2 N–H and O–H groups in total. The van der Waals surface area contributed by atoms with Gasteiger partial charge in [-0.2, -0.15) is 10.2 Å². The second-order valence-corrected chi connectivity index (χ2v) is 7.76. The molecule has 4 rings (SSSR count). The number of nitrogens with zero attached hydrogens (tertiary/aromatic N) is 4. The zero-order chi connectivity index (χ0) is 20.5. The van der Waals surface area contributed by atoms with E-state index in [1.807, 2.05) is 48.2 Å². The average molecular weight is 392 g/mol. The van der Waals surface area contributed by atoms with Gasteiger partial charge in [-0.1, -0.05) is 12.1 Å². The molecule has 0 spiro atoms. The van der Waals surface area contributed by atoms with E-state index in [0.717, 1.165) is 43.6 Å². The van der Waals surface area contributed by atoms with Crippen molar-refractivity contribution in [3.8, 4) is 6.07 Å². The molecule has 2 aliphatic rings. The molecule has 8 heteroatoms. The van der Waals surface area contributed by atoms with Gasteiger partial charge < -0.3 is 15.1 Å². The number of nitrogens with one attached hydrogen (secondary N) is 2. The first-order valence-corrected chi connectivity index (χ1v) is 9.86. The number of H-pyrrole nitrogens is 1. The van der Waals surface area contributed by atoms with Gasteiger partial charge in [-0.15, -0.1) is 0 Å². The number of carbonyl (C=O) groups is 1. The molecule has 2 aliphatic heterocycles. The zero-order valence-corrected chi connectivity index (χ0v) is 16.6. The topological polar surface area (TPSA) is 105 Å². The van der Waals surface area contributed by atoms with Gasteiger partial charge in [-0.05, 0) is 37.0 Å².